The van der Waals surface area contributed by atoms with Crippen molar-refractivity contribution in [2.75, 3.05) is 5.32 Å². The van der Waals surface area contributed by atoms with Crippen molar-refractivity contribution in [3.8, 4) is 5.69 Å². The van der Waals surface area contributed by atoms with E-state index in [1.807, 2.05) is 0 Å². The van der Waals surface area contributed by atoms with Crippen molar-refractivity contribution in [1.82, 2.24) is 9.78 Å². The van der Waals surface area contributed by atoms with Gasteiger partial charge in [0, 0.05) is 23.6 Å². The van der Waals surface area contributed by atoms with Crippen LogP contribution >= 0.6 is 0 Å². The Morgan fingerprint density at radius 1 is 1.09 bits per heavy atom. The minimum absolute atomic E-state index is 0.163. The van der Waals surface area contributed by atoms with E-state index in [-0.39, 0.29) is 16.9 Å². The van der Waals surface area contributed by atoms with Gasteiger partial charge in [0.05, 0.1) is 0 Å². The van der Waals surface area contributed by atoms with E-state index in [9.17, 15) is 13.6 Å². The predicted octanol–water partition coefficient (Wildman–Crippen LogP) is 3.40. The van der Waals surface area contributed by atoms with E-state index in [0.717, 1.165) is 6.07 Å². The zero-order chi connectivity index (χ0) is 15.5. The molecule has 0 radical (unpaired) electrons. The van der Waals surface area contributed by atoms with Gasteiger partial charge < -0.3 is 5.32 Å². The van der Waals surface area contributed by atoms with Crippen LogP contribution in [0.15, 0.2) is 60.9 Å². The molecule has 0 bridgehead atoms. The zero-order valence-corrected chi connectivity index (χ0v) is 11.3. The van der Waals surface area contributed by atoms with Crippen LogP contribution in [0.4, 0.5) is 14.5 Å². The maximum absolute atomic E-state index is 14.1. The molecule has 0 unspecified atom stereocenters. The summed E-state index contributed by atoms with van der Waals surface area (Å²) in [4.78, 5) is 12.0. The Hall–Kier alpha value is -3.02. The van der Waals surface area contributed by atoms with Crippen molar-refractivity contribution in [3.05, 3.63) is 78.1 Å². The molecule has 4 nitrogen and oxygen atoms in total. The minimum atomic E-state index is -0.527. The fourth-order valence-electron chi connectivity index (χ4n) is 2.01. The number of aromatic nitrogens is 2. The number of rotatable bonds is 3. The van der Waals surface area contributed by atoms with E-state index < -0.39 is 17.5 Å². The van der Waals surface area contributed by atoms with Crippen molar-refractivity contribution in [3.63, 3.8) is 0 Å². The molecule has 3 aromatic rings. The molecule has 0 saturated heterocycles. The number of nitrogens with zero attached hydrogens (tertiary/aromatic N) is 2. The van der Waals surface area contributed by atoms with Crippen LogP contribution in [-0.4, -0.2) is 15.7 Å². The number of halogens is 2. The first kappa shape index (κ1) is 13.9. The van der Waals surface area contributed by atoms with Crippen LogP contribution in [0.2, 0.25) is 0 Å². The van der Waals surface area contributed by atoms with Gasteiger partial charge in [-0.2, -0.15) is 5.10 Å². The summed E-state index contributed by atoms with van der Waals surface area (Å²) in [7, 11) is 0. The van der Waals surface area contributed by atoms with Crippen LogP contribution in [0.5, 0.6) is 0 Å². The van der Waals surface area contributed by atoms with Gasteiger partial charge in [0.25, 0.3) is 5.91 Å². The normalized spacial score (nSPS) is 10.5. The van der Waals surface area contributed by atoms with Gasteiger partial charge in [0.2, 0.25) is 0 Å². The van der Waals surface area contributed by atoms with Crippen LogP contribution in [0.3, 0.4) is 0 Å². The third-order valence-corrected chi connectivity index (χ3v) is 3.04. The van der Waals surface area contributed by atoms with E-state index >= 15 is 0 Å². The Bertz CT molecular complexity index is 816. The molecule has 0 spiro atoms. The fourth-order valence-corrected chi connectivity index (χ4v) is 2.01. The van der Waals surface area contributed by atoms with Gasteiger partial charge in [0.1, 0.15) is 11.5 Å². The highest BCUT2D eigenvalue weighted by molar-refractivity contribution is 6.04. The average molecular weight is 299 g/mol. The van der Waals surface area contributed by atoms with Crippen molar-refractivity contribution in [1.29, 1.82) is 0 Å². The summed E-state index contributed by atoms with van der Waals surface area (Å²) in [5.74, 6) is -1.54. The van der Waals surface area contributed by atoms with Crippen molar-refractivity contribution >= 4 is 11.6 Å². The van der Waals surface area contributed by atoms with E-state index in [2.05, 4.69) is 10.4 Å². The van der Waals surface area contributed by atoms with Crippen LogP contribution in [0, 0.1) is 11.6 Å². The highest BCUT2D eigenvalue weighted by atomic mass is 19.1. The number of hydrogen-bond acceptors (Lipinski definition) is 2. The topological polar surface area (TPSA) is 46.9 Å². The number of carbonyl (C=O) groups is 1. The van der Waals surface area contributed by atoms with E-state index in [0.29, 0.717) is 0 Å². The van der Waals surface area contributed by atoms with Gasteiger partial charge in [-0.05, 0) is 42.5 Å². The number of anilines is 1. The second-order valence-electron chi connectivity index (χ2n) is 4.58. The predicted molar refractivity (Wildman–Crippen MR) is 77.9 cm³/mol. The van der Waals surface area contributed by atoms with Gasteiger partial charge in [0.15, 0.2) is 5.82 Å². The summed E-state index contributed by atoms with van der Waals surface area (Å²) in [5.41, 5.74) is 0.716. The first-order chi connectivity index (χ1) is 10.6. The second-order valence-corrected chi connectivity index (χ2v) is 4.58. The summed E-state index contributed by atoms with van der Waals surface area (Å²) in [6.45, 7) is 0. The molecule has 0 fully saturated rings. The minimum Gasteiger partial charge on any atom is -0.322 e. The lowest BCUT2D eigenvalue weighted by molar-refractivity contribution is 0.102. The lowest BCUT2D eigenvalue weighted by atomic mass is 10.2. The highest BCUT2D eigenvalue weighted by Gasteiger charge is 2.10. The first-order valence-electron chi connectivity index (χ1n) is 6.50. The number of amides is 1. The van der Waals surface area contributed by atoms with Crippen molar-refractivity contribution in [2.45, 2.75) is 0 Å². The Balaban J connectivity index is 1.81. The third kappa shape index (κ3) is 2.85. The van der Waals surface area contributed by atoms with Crippen LogP contribution in [0.1, 0.15) is 10.4 Å². The molecule has 1 N–H and O–H groups in total. The summed E-state index contributed by atoms with van der Waals surface area (Å²) >= 11 is 0. The Labute approximate surface area is 125 Å². The smallest absolute Gasteiger partial charge is 0.255 e. The van der Waals surface area contributed by atoms with Gasteiger partial charge in [-0.3, -0.25) is 4.79 Å². The molecule has 22 heavy (non-hydrogen) atoms. The maximum Gasteiger partial charge on any atom is 0.255 e. The maximum atomic E-state index is 14.1. The molecule has 0 aliphatic rings. The van der Waals surface area contributed by atoms with E-state index in [1.54, 1.807) is 24.5 Å². The van der Waals surface area contributed by atoms with Crippen LogP contribution < -0.4 is 5.32 Å². The van der Waals surface area contributed by atoms with Gasteiger partial charge >= 0.3 is 0 Å². The monoisotopic (exact) mass is 299 g/mol. The van der Waals surface area contributed by atoms with Gasteiger partial charge in [-0.1, -0.05) is 6.07 Å². The van der Waals surface area contributed by atoms with Crippen LogP contribution in [-0.2, 0) is 0 Å². The first-order valence-corrected chi connectivity index (χ1v) is 6.50. The van der Waals surface area contributed by atoms with E-state index in [4.69, 9.17) is 0 Å². The molecule has 2 aromatic carbocycles. The Morgan fingerprint density at radius 3 is 2.64 bits per heavy atom. The van der Waals surface area contributed by atoms with Crippen LogP contribution in [0.25, 0.3) is 5.69 Å². The number of benzene rings is 2. The molecule has 0 atom stereocenters. The number of carbonyl (C=O) groups excluding carboxylic acids is 1. The fraction of sp³-hybridized carbons (Fsp3) is 0. The summed E-state index contributed by atoms with van der Waals surface area (Å²) in [6, 6.07) is 11.2. The molecule has 110 valence electrons. The molecular weight excluding hydrogens is 288 g/mol. The molecular formula is C16H11F2N3O. The number of nitrogens with one attached hydrogen (secondary N) is 1. The lowest BCUT2D eigenvalue weighted by Crippen LogP contribution is -2.12. The molecule has 6 heteroatoms. The van der Waals surface area contributed by atoms with Gasteiger partial charge in [-0.25, -0.2) is 13.5 Å². The Morgan fingerprint density at radius 2 is 1.95 bits per heavy atom. The molecule has 0 saturated carbocycles. The molecule has 3 rings (SSSR count). The molecule has 0 aliphatic carbocycles. The highest BCUT2D eigenvalue weighted by Crippen LogP contribution is 2.18. The standard InChI is InChI=1S/C16H11F2N3O/c17-12-4-1-3-11(9-12)16(22)20-13-5-6-15(14(18)10-13)21-8-2-7-19-21/h1-10H,(H,20,22). The molecule has 1 aromatic heterocycles. The molecule has 1 amide bonds. The van der Waals surface area contributed by atoms with Crippen molar-refractivity contribution in [2.24, 2.45) is 0 Å². The SMILES string of the molecule is O=C(Nc1ccc(-n2cccn2)c(F)c1)c1cccc(F)c1. The second kappa shape index (κ2) is 5.77. The third-order valence-electron chi connectivity index (χ3n) is 3.04. The summed E-state index contributed by atoms with van der Waals surface area (Å²) in [5, 5.41) is 6.47. The van der Waals surface area contributed by atoms with E-state index in [1.165, 1.54) is 35.0 Å². The summed E-state index contributed by atoms with van der Waals surface area (Å²) < 4.78 is 28.5. The largest absolute Gasteiger partial charge is 0.322 e. The van der Waals surface area contributed by atoms with Gasteiger partial charge in [-0.15, -0.1) is 0 Å². The molecule has 1 heterocycles. The molecule has 0 aliphatic heterocycles. The quantitative estimate of drug-likeness (QED) is 0.805. The zero-order valence-electron chi connectivity index (χ0n) is 11.3. The average Bonchev–Trinajstić information content (AvgIpc) is 3.01. The lowest BCUT2D eigenvalue weighted by Gasteiger charge is -2.08. The summed E-state index contributed by atoms with van der Waals surface area (Å²) in [6.07, 6.45) is 3.16. The Kier molecular flexibility index (Phi) is 3.65. The number of hydrogen-bond donors (Lipinski definition) is 1. The van der Waals surface area contributed by atoms with Crippen molar-refractivity contribution < 1.29 is 13.6 Å².